The summed E-state index contributed by atoms with van der Waals surface area (Å²) in [6.07, 6.45) is 7.00. The van der Waals surface area contributed by atoms with Crippen molar-refractivity contribution in [2.24, 2.45) is 0 Å². The molecular weight excluding hydrogens is 434 g/mol. The van der Waals surface area contributed by atoms with Crippen LogP contribution in [-0.4, -0.2) is 44.5 Å². The predicted molar refractivity (Wildman–Crippen MR) is 142 cm³/mol. The van der Waals surface area contributed by atoms with Crippen LogP contribution >= 0.6 is 0 Å². The van der Waals surface area contributed by atoms with Gasteiger partial charge in [-0.1, -0.05) is 66.3 Å². The zero-order valence-corrected chi connectivity index (χ0v) is 20.4. The largest absolute Gasteiger partial charge is 0.493 e. The highest BCUT2D eigenvalue weighted by atomic mass is 16.5. The Bertz CT molecular complexity index is 1240. The number of ether oxygens (including phenoxy) is 2. The van der Waals surface area contributed by atoms with Crippen LogP contribution in [0.2, 0.25) is 0 Å². The van der Waals surface area contributed by atoms with E-state index in [1.807, 2.05) is 6.07 Å². The van der Waals surface area contributed by atoms with E-state index in [1.54, 1.807) is 26.4 Å². The fourth-order valence-electron chi connectivity index (χ4n) is 5.16. The van der Waals surface area contributed by atoms with Gasteiger partial charge in [-0.2, -0.15) is 0 Å². The van der Waals surface area contributed by atoms with E-state index in [-0.39, 0.29) is 5.78 Å². The smallest absolute Gasteiger partial charge is 0.164 e. The van der Waals surface area contributed by atoms with Crippen LogP contribution in [0.15, 0.2) is 72.3 Å². The van der Waals surface area contributed by atoms with E-state index in [4.69, 9.17) is 9.47 Å². The molecule has 1 fully saturated rings. The van der Waals surface area contributed by atoms with Gasteiger partial charge in [0.2, 0.25) is 0 Å². The molecule has 1 heterocycles. The molecule has 1 aliphatic heterocycles. The van der Waals surface area contributed by atoms with Crippen LogP contribution in [-0.2, 0) is 0 Å². The number of methoxy groups -OCH3 is 2. The molecule has 0 bridgehead atoms. The maximum atomic E-state index is 12.8. The van der Waals surface area contributed by atoms with Crippen molar-refractivity contribution >= 4 is 23.5 Å². The first-order valence-electron chi connectivity index (χ1n) is 12.2. The zero-order chi connectivity index (χ0) is 24.2. The van der Waals surface area contributed by atoms with Crippen LogP contribution in [0.5, 0.6) is 11.5 Å². The van der Waals surface area contributed by atoms with E-state index in [9.17, 15) is 4.79 Å². The Morgan fingerprint density at radius 3 is 2.00 bits per heavy atom. The summed E-state index contributed by atoms with van der Waals surface area (Å²) in [5.74, 6) is 1.36. The first-order chi connectivity index (χ1) is 17.2. The number of benzene rings is 3. The molecule has 178 valence electrons. The van der Waals surface area contributed by atoms with Crippen LogP contribution in [0.4, 0.5) is 0 Å². The molecule has 35 heavy (non-hydrogen) atoms. The molecule has 0 atom stereocenters. The summed E-state index contributed by atoms with van der Waals surface area (Å²) in [5, 5.41) is 0. The molecule has 0 amide bonds. The fraction of sp³-hybridized carbons (Fsp3) is 0.258. The highest BCUT2D eigenvalue weighted by Gasteiger charge is 2.23. The quantitative estimate of drug-likeness (QED) is 0.311. The van der Waals surface area contributed by atoms with Crippen LogP contribution in [0.25, 0.3) is 17.7 Å². The number of carbonyl (C=O) groups excluding carboxylic acids is 1. The van der Waals surface area contributed by atoms with Gasteiger partial charge in [0.05, 0.1) is 14.2 Å². The number of likely N-dealkylation sites (tertiary alicyclic amines) is 1. The second-order valence-corrected chi connectivity index (χ2v) is 9.07. The molecule has 4 nitrogen and oxygen atoms in total. The molecule has 5 rings (SSSR count). The van der Waals surface area contributed by atoms with Crippen LogP contribution in [0, 0.1) is 0 Å². The Labute approximate surface area is 207 Å². The van der Waals surface area contributed by atoms with Crippen molar-refractivity contribution in [3.8, 4) is 11.5 Å². The second kappa shape index (κ2) is 10.3. The van der Waals surface area contributed by atoms with Gasteiger partial charge in [-0.3, -0.25) is 4.79 Å². The lowest BCUT2D eigenvalue weighted by Crippen LogP contribution is -2.33. The summed E-state index contributed by atoms with van der Waals surface area (Å²) >= 11 is 0. The van der Waals surface area contributed by atoms with E-state index >= 15 is 0 Å². The average Bonchev–Trinajstić information content (AvgIpc) is 3.08. The van der Waals surface area contributed by atoms with Gasteiger partial charge in [-0.05, 0) is 58.9 Å². The third kappa shape index (κ3) is 4.80. The minimum atomic E-state index is 0.132. The lowest BCUT2D eigenvalue weighted by atomic mass is 9.86. The van der Waals surface area contributed by atoms with Crippen LogP contribution in [0.3, 0.4) is 0 Å². The first kappa shape index (κ1) is 23.1. The number of fused-ring (bicyclic) bond motifs is 2. The number of hydrogen-bond donors (Lipinski definition) is 0. The predicted octanol–water partition coefficient (Wildman–Crippen LogP) is 6.36. The van der Waals surface area contributed by atoms with Crippen LogP contribution < -0.4 is 9.47 Å². The molecule has 2 aliphatic rings. The van der Waals surface area contributed by atoms with E-state index in [1.165, 1.54) is 33.4 Å². The van der Waals surface area contributed by atoms with Gasteiger partial charge < -0.3 is 14.4 Å². The third-order valence-electron chi connectivity index (χ3n) is 7.08. The van der Waals surface area contributed by atoms with Crippen molar-refractivity contribution in [1.29, 1.82) is 0 Å². The van der Waals surface area contributed by atoms with Gasteiger partial charge >= 0.3 is 0 Å². The highest BCUT2D eigenvalue weighted by molar-refractivity contribution is 5.97. The topological polar surface area (TPSA) is 38.8 Å². The average molecular weight is 466 g/mol. The van der Waals surface area contributed by atoms with Crippen molar-refractivity contribution < 1.29 is 14.3 Å². The van der Waals surface area contributed by atoms with Gasteiger partial charge in [0.1, 0.15) is 0 Å². The van der Waals surface area contributed by atoms with E-state index < -0.39 is 0 Å². The van der Waals surface area contributed by atoms with E-state index in [0.29, 0.717) is 23.5 Å². The molecule has 0 saturated carbocycles. The normalized spacial score (nSPS) is 15.3. The van der Waals surface area contributed by atoms with Crippen molar-refractivity contribution in [3.63, 3.8) is 0 Å². The summed E-state index contributed by atoms with van der Waals surface area (Å²) < 4.78 is 10.6. The fourth-order valence-corrected chi connectivity index (χ4v) is 5.16. The number of carbonyl (C=O) groups is 1. The van der Waals surface area contributed by atoms with Crippen molar-refractivity contribution in [2.75, 3.05) is 33.9 Å². The maximum Gasteiger partial charge on any atom is 0.164 e. The maximum absolute atomic E-state index is 12.8. The van der Waals surface area contributed by atoms with Crippen molar-refractivity contribution in [1.82, 2.24) is 4.90 Å². The minimum Gasteiger partial charge on any atom is -0.493 e. The van der Waals surface area contributed by atoms with Gasteiger partial charge in [0, 0.05) is 31.6 Å². The molecule has 3 aromatic carbocycles. The molecule has 0 radical (unpaired) electrons. The highest BCUT2D eigenvalue weighted by Crippen LogP contribution is 2.38. The van der Waals surface area contributed by atoms with Gasteiger partial charge in [-0.15, -0.1) is 0 Å². The summed E-state index contributed by atoms with van der Waals surface area (Å²) in [4.78, 5) is 15.3. The van der Waals surface area contributed by atoms with Crippen molar-refractivity contribution in [2.45, 2.75) is 19.3 Å². The summed E-state index contributed by atoms with van der Waals surface area (Å²) in [6, 6.07) is 22.8. The number of rotatable bonds is 6. The minimum absolute atomic E-state index is 0.132. The molecule has 1 saturated heterocycles. The molecular formula is C31H31NO3. The molecule has 0 unspecified atom stereocenters. The Morgan fingerprint density at radius 1 is 0.800 bits per heavy atom. The summed E-state index contributed by atoms with van der Waals surface area (Å²) in [6.45, 7) is 2.70. The molecule has 0 N–H and O–H groups in total. The second-order valence-electron chi connectivity index (χ2n) is 9.07. The summed E-state index contributed by atoms with van der Waals surface area (Å²) in [7, 11) is 3.19. The number of hydrogen-bond acceptors (Lipinski definition) is 4. The SMILES string of the molecule is COc1ccc(C(=O)CCN2CCC(=C3c4ccccc4C=Cc4ccccc43)CC2)cc1OC. The lowest BCUT2D eigenvalue weighted by molar-refractivity contribution is 0.0962. The summed E-state index contributed by atoms with van der Waals surface area (Å²) in [5.41, 5.74) is 8.75. The Balaban J connectivity index is 1.30. The number of Topliss-reactive ketones (excluding diaryl/α,β-unsaturated/α-hetero) is 1. The third-order valence-corrected chi connectivity index (χ3v) is 7.08. The van der Waals surface area contributed by atoms with E-state index in [2.05, 4.69) is 65.6 Å². The molecule has 1 aliphatic carbocycles. The Kier molecular flexibility index (Phi) is 6.82. The Hall–Kier alpha value is -3.63. The molecule has 4 heteroatoms. The molecule has 0 aromatic heterocycles. The zero-order valence-electron chi connectivity index (χ0n) is 20.4. The van der Waals surface area contributed by atoms with E-state index in [0.717, 1.165) is 32.5 Å². The number of nitrogens with zero attached hydrogens (tertiary/aromatic N) is 1. The standard InChI is InChI=1S/C31H31NO3/c1-34-29-14-13-25(21-30(29)35-2)28(33)17-20-32-18-15-24(16-19-32)31-26-9-5-3-7-22(26)11-12-23-8-4-6-10-27(23)31/h3-14,21H,15-20H2,1-2H3. The van der Waals surface area contributed by atoms with Gasteiger partial charge in [0.15, 0.2) is 17.3 Å². The molecule has 3 aromatic rings. The van der Waals surface area contributed by atoms with Crippen LogP contribution in [0.1, 0.15) is 51.9 Å². The first-order valence-corrected chi connectivity index (χ1v) is 12.2. The van der Waals surface area contributed by atoms with Crippen molar-refractivity contribution in [3.05, 3.63) is 100 Å². The van der Waals surface area contributed by atoms with Gasteiger partial charge in [0.25, 0.3) is 0 Å². The monoisotopic (exact) mass is 465 g/mol. The number of ketones is 1. The molecule has 0 spiro atoms. The lowest BCUT2D eigenvalue weighted by Gasteiger charge is -2.30. The van der Waals surface area contributed by atoms with Gasteiger partial charge in [-0.25, -0.2) is 0 Å². The Morgan fingerprint density at radius 2 is 1.40 bits per heavy atom. The number of piperidine rings is 1.